The molecule has 1 N–H and O–H groups in total. The predicted molar refractivity (Wildman–Crippen MR) is 84.5 cm³/mol. The molecule has 2 amide bonds. The smallest absolute Gasteiger partial charge is 0.236 e. The van der Waals surface area contributed by atoms with Gasteiger partial charge in [0.25, 0.3) is 0 Å². The molecule has 0 aliphatic carbocycles. The second-order valence-corrected chi connectivity index (χ2v) is 5.47. The van der Waals surface area contributed by atoms with Crippen LogP contribution in [-0.2, 0) is 9.59 Å². The molecule has 0 unspecified atom stereocenters. The molecule has 0 radical (unpaired) electrons. The maximum absolute atomic E-state index is 11.9. The Morgan fingerprint density at radius 1 is 1.26 bits per heavy atom. The average molecular weight is 315 g/mol. The summed E-state index contributed by atoms with van der Waals surface area (Å²) < 4.78 is 5.50. The van der Waals surface area contributed by atoms with Crippen LogP contribution in [0, 0.1) is 11.3 Å². The molecular formula is C17H21N3O3. The lowest BCUT2D eigenvalue weighted by Crippen LogP contribution is -2.46. The van der Waals surface area contributed by atoms with Gasteiger partial charge in [-0.3, -0.25) is 9.59 Å². The van der Waals surface area contributed by atoms with Crippen molar-refractivity contribution in [1.82, 2.24) is 10.2 Å². The number of carbonyl (C=O) groups is 2. The molecule has 0 saturated carbocycles. The van der Waals surface area contributed by atoms with Crippen molar-refractivity contribution < 1.29 is 14.3 Å². The molecule has 1 aliphatic heterocycles. The third-order valence-corrected chi connectivity index (χ3v) is 3.78. The Kier molecular flexibility index (Phi) is 6.42. The molecule has 6 nitrogen and oxygen atoms in total. The fourth-order valence-electron chi connectivity index (χ4n) is 2.53. The molecule has 0 atom stereocenters. The monoisotopic (exact) mass is 315 g/mol. The number of nitriles is 1. The van der Waals surface area contributed by atoms with E-state index >= 15 is 0 Å². The number of rotatable bonds is 6. The van der Waals surface area contributed by atoms with E-state index in [0.29, 0.717) is 26.1 Å². The van der Waals surface area contributed by atoms with Crippen LogP contribution in [0.3, 0.4) is 0 Å². The van der Waals surface area contributed by atoms with Crippen LogP contribution in [0.15, 0.2) is 30.3 Å². The van der Waals surface area contributed by atoms with Crippen LogP contribution in [0.5, 0.6) is 5.75 Å². The minimum absolute atomic E-state index is 0.0391. The Morgan fingerprint density at radius 2 is 1.96 bits per heavy atom. The van der Waals surface area contributed by atoms with E-state index in [2.05, 4.69) is 5.32 Å². The zero-order chi connectivity index (χ0) is 16.5. The van der Waals surface area contributed by atoms with E-state index in [1.165, 1.54) is 0 Å². The first kappa shape index (κ1) is 16.8. The minimum Gasteiger partial charge on any atom is -0.493 e. The highest BCUT2D eigenvalue weighted by Gasteiger charge is 2.23. The van der Waals surface area contributed by atoms with Crippen molar-refractivity contribution in [3.8, 4) is 11.8 Å². The number of hydrogen-bond donors (Lipinski definition) is 1. The highest BCUT2D eigenvalue weighted by atomic mass is 16.5. The van der Waals surface area contributed by atoms with E-state index in [0.717, 1.165) is 18.6 Å². The van der Waals surface area contributed by atoms with Gasteiger partial charge in [-0.2, -0.15) is 5.26 Å². The molecule has 0 spiro atoms. The number of hydrogen-bond acceptors (Lipinski definition) is 4. The van der Waals surface area contributed by atoms with Gasteiger partial charge in [0.1, 0.15) is 12.2 Å². The molecule has 0 aromatic heterocycles. The molecule has 2 rings (SSSR count). The first-order valence-electron chi connectivity index (χ1n) is 7.81. The quantitative estimate of drug-likeness (QED) is 0.862. The number of nitrogens with zero attached hydrogens (tertiary/aromatic N) is 2. The predicted octanol–water partition coefficient (Wildman–Crippen LogP) is 1.48. The van der Waals surface area contributed by atoms with Crippen molar-refractivity contribution >= 4 is 11.8 Å². The van der Waals surface area contributed by atoms with Gasteiger partial charge in [-0.15, -0.1) is 0 Å². The van der Waals surface area contributed by atoms with Gasteiger partial charge in [-0.1, -0.05) is 18.2 Å². The van der Waals surface area contributed by atoms with Crippen molar-refractivity contribution in [3.63, 3.8) is 0 Å². The summed E-state index contributed by atoms with van der Waals surface area (Å²) >= 11 is 0. The molecule has 1 heterocycles. The van der Waals surface area contributed by atoms with Gasteiger partial charge in [0, 0.05) is 19.1 Å². The van der Waals surface area contributed by atoms with E-state index < -0.39 is 0 Å². The third kappa shape index (κ3) is 5.62. The highest BCUT2D eigenvalue weighted by molar-refractivity contribution is 5.78. The van der Waals surface area contributed by atoms with Gasteiger partial charge in [-0.05, 0) is 25.0 Å². The van der Waals surface area contributed by atoms with Crippen LogP contribution in [-0.4, -0.2) is 42.5 Å². The molecule has 1 aromatic carbocycles. The number of para-hydroxylation sites is 1. The molecular weight excluding hydrogens is 294 g/mol. The number of ether oxygens (including phenoxy) is 1. The molecule has 0 bridgehead atoms. The van der Waals surface area contributed by atoms with Gasteiger partial charge >= 0.3 is 0 Å². The van der Waals surface area contributed by atoms with E-state index in [-0.39, 0.29) is 24.3 Å². The number of carbonyl (C=O) groups excluding carboxylic acids is 2. The van der Waals surface area contributed by atoms with Crippen molar-refractivity contribution in [2.24, 2.45) is 0 Å². The zero-order valence-corrected chi connectivity index (χ0v) is 13.0. The Labute approximate surface area is 136 Å². The summed E-state index contributed by atoms with van der Waals surface area (Å²) in [6.45, 7) is 1.52. The lowest BCUT2D eigenvalue weighted by molar-refractivity contribution is -0.131. The van der Waals surface area contributed by atoms with Crippen LogP contribution >= 0.6 is 0 Å². The summed E-state index contributed by atoms with van der Waals surface area (Å²) in [5.74, 6) is 0.584. The van der Waals surface area contributed by atoms with Gasteiger partial charge in [-0.25, -0.2) is 0 Å². The Balaban J connectivity index is 1.63. The summed E-state index contributed by atoms with van der Waals surface area (Å²) in [4.78, 5) is 25.2. The number of amides is 2. The van der Waals surface area contributed by atoms with E-state index in [9.17, 15) is 9.59 Å². The lowest BCUT2D eigenvalue weighted by Gasteiger charge is -2.32. The standard InChI is InChI=1S/C17H21N3O3/c18-10-6-17(22)20-11-7-14(8-12-20)19-16(21)9-13-23-15-4-2-1-3-5-15/h1-5,14H,6-9,11-13H2,(H,19,21). The largest absolute Gasteiger partial charge is 0.493 e. The fraction of sp³-hybridized carbons (Fsp3) is 0.471. The van der Waals surface area contributed by atoms with E-state index in [4.69, 9.17) is 10.00 Å². The van der Waals surface area contributed by atoms with Gasteiger partial charge in [0.2, 0.25) is 11.8 Å². The molecule has 122 valence electrons. The maximum Gasteiger partial charge on any atom is 0.236 e. The Hall–Kier alpha value is -2.55. The lowest BCUT2D eigenvalue weighted by atomic mass is 10.0. The Bertz CT molecular complexity index is 560. The number of nitrogens with one attached hydrogen (secondary N) is 1. The molecule has 1 saturated heterocycles. The molecule has 6 heteroatoms. The highest BCUT2D eigenvalue weighted by Crippen LogP contribution is 2.12. The third-order valence-electron chi connectivity index (χ3n) is 3.78. The number of likely N-dealkylation sites (tertiary alicyclic amines) is 1. The summed E-state index contributed by atoms with van der Waals surface area (Å²) in [5, 5.41) is 11.5. The second kappa shape index (κ2) is 8.79. The van der Waals surface area contributed by atoms with Crippen molar-refractivity contribution in [1.29, 1.82) is 5.26 Å². The summed E-state index contributed by atoms with van der Waals surface area (Å²) in [5.41, 5.74) is 0. The average Bonchev–Trinajstić information content (AvgIpc) is 2.57. The summed E-state index contributed by atoms with van der Waals surface area (Å²) in [6, 6.07) is 11.3. The molecule has 23 heavy (non-hydrogen) atoms. The van der Waals surface area contributed by atoms with Crippen LogP contribution in [0.1, 0.15) is 25.7 Å². The normalized spacial score (nSPS) is 14.8. The Morgan fingerprint density at radius 3 is 2.61 bits per heavy atom. The second-order valence-electron chi connectivity index (χ2n) is 5.47. The topological polar surface area (TPSA) is 82.4 Å². The maximum atomic E-state index is 11.9. The van der Waals surface area contributed by atoms with Gasteiger partial charge < -0.3 is 15.0 Å². The molecule has 1 fully saturated rings. The van der Waals surface area contributed by atoms with Crippen molar-refractivity contribution in [3.05, 3.63) is 30.3 Å². The number of benzene rings is 1. The van der Waals surface area contributed by atoms with Crippen molar-refractivity contribution in [2.75, 3.05) is 19.7 Å². The van der Waals surface area contributed by atoms with E-state index in [1.807, 2.05) is 36.4 Å². The van der Waals surface area contributed by atoms with Gasteiger partial charge in [0.05, 0.1) is 19.1 Å². The van der Waals surface area contributed by atoms with Gasteiger partial charge in [0.15, 0.2) is 0 Å². The van der Waals surface area contributed by atoms with Crippen LogP contribution < -0.4 is 10.1 Å². The van der Waals surface area contributed by atoms with Crippen LogP contribution in [0.4, 0.5) is 0 Å². The first-order valence-corrected chi connectivity index (χ1v) is 7.81. The number of piperidine rings is 1. The molecule has 1 aliphatic rings. The minimum atomic E-state index is -0.131. The van der Waals surface area contributed by atoms with E-state index in [1.54, 1.807) is 4.90 Å². The molecule has 1 aromatic rings. The van der Waals surface area contributed by atoms with Crippen molar-refractivity contribution in [2.45, 2.75) is 31.7 Å². The summed E-state index contributed by atoms with van der Waals surface area (Å²) in [7, 11) is 0. The van der Waals surface area contributed by atoms with Crippen LogP contribution in [0.2, 0.25) is 0 Å². The van der Waals surface area contributed by atoms with Crippen LogP contribution in [0.25, 0.3) is 0 Å². The fourth-order valence-corrected chi connectivity index (χ4v) is 2.53. The first-order chi connectivity index (χ1) is 11.2. The zero-order valence-electron chi connectivity index (χ0n) is 13.0. The summed E-state index contributed by atoms with van der Waals surface area (Å²) in [6.07, 6.45) is 1.68. The SMILES string of the molecule is N#CCC(=O)N1CCC(NC(=O)CCOc2ccccc2)CC1.